The van der Waals surface area contributed by atoms with Crippen molar-refractivity contribution in [3.63, 3.8) is 0 Å². The number of aliphatic hydroxyl groups is 1. The summed E-state index contributed by atoms with van der Waals surface area (Å²) < 4.78 is 1.74. The Morgan fingerprint density at radius 2 is 2.42 bits per heavy atom. The van der Waals surface area contributed by atoms with Crippen LogP contribution < -0.4 is 0 Å². The third-order valence-corrected chi connectivity index (χ3v) is 1.96. The van der Waals surface area contributed by atoms with Crippen molar-refractivity contribution in [3.05, 3.63) is 16.9 Å². The first-order valence-corrected chi connectivity index (χ1v) is 4.43. The fourth-order valence-corrected chi connectivity index (χ4v) is 1.48. The molecule has 0 fully saturated rings. The minimum absolute atomic E-state index is 0.540. The van der Waals surface area contributed by atoms with Gasteiger partial charge in [0.2, 0.25) is 0 Å². The lowest BCUT2D eigenvalue weighted by molar-refractivity contribution is 0.187. The van der Waals surface area contributed by atoms with E-state index in [1.807, 2.05) is 0 Å². The highest BCUT2D eigenvalue weighted by Crippen LogP contribution is 2.22. The molecule has 1 atom stereocenters. The molecule has 0 saturated carbocycles. The Kier molecular flexibility index (Phi) is 3.12. The molecular weight excluding hydrogens is 176 g/mol. The summed E-state index contributed by atoms with van der Waals surface area (Å²) >= 11 is 5.83. The molecule has 0 aliphatic heterocycles. The standard InChI is InChI=1S/C8H13ClN2O/c1-3-4-11-8(6(2)12)7(9)5-10-11/h5-6,12H,3-4H2,1-2H3. The molecule has 12 heavy (non-hydrogen) atoms. The Bertz CT molecular complexity index is 258. The molecule has 1 aromatic rings. The second-order valence-corrected chi connectivity index (χ2v) is 3.18. The van der Waals surface area contributed by atoms with Gasteiger partial charge in [0.15, 0.2) is 0 Å². The molecule has 1 unspecified atom stereocenters. The number of nitrogens with zero attached hydrogens (tertiary/aromatic N) is 2. The van der Waals surface area contributed by atoms with Gasteiger partial charge in [-0.2, -0.15) is 5.10 Å². The first kappa shape index (κ1) is 9.55. The molecule has 1 aromatic heterocycles. The smallest absolute Gasteiger partial charge is 0.0943 e. The number of aromatic nitrogens is 2. The second-order valence-electron chi connectivity index (χ2n) is 2.78. The summed E-state index contributed by atoms with van der Waals surface area (Å²) in [6, 6.07) is 0. The van der Waals surface area contributed by atoms with Crippen LogP contribution in [0.4, 0.5) is 0 Å². The van der Waals surface area contributed by atoms with E-state index >= 15 is 0 Å². The van der Waals surface area contributed by atoms with E-state index in [-0.39, 0.29) is 0 Å². The number of hydrogen-bond donors (Lipinski definition) is 1. The highest BCUT2D eigenvalue weighted by Gasteiger charge is 2.12. The van der Waals surface area contributed by atoms with Crippen LogP contribution in [0.3, 0.4) is 0 Å². The van der Waals surface area contributed by atoms with Crippen molar-refractivity contribution >= 4 is 11.6 Å². The van der Waals surface area contributed by atoms with E-state index in [1.54, 1.807) is 17.8 Å². The van der Waals surface area contributed by atoms with Crippen LogP contribution in [-0.2, 0) is 6.54 Å². The first-order valence-electron chi connectivity index (χ1n) is 4.06. The maximum atomic E-state index is 9.36. The van der Waals surface area contributed by atoms with Crippen LogP contribution in [0.1, 0.15) is 32.1 Å². The normalized spacial score (nSPS) is 13.3. The molecule has 0 saturated heterocycles. The zero-order chi connectivity index (χ0) is 9.14. The zero-order valence-electron chi connectivity index (χ0n) is 7.29. The Balaban J connectivity index is 2.95. The summed E-state index contributed by atoms with van der Waals surface area (Å²) in [4.78, 5) is 0. The summed E-state index contributed by atoms with van der Waals surface area (Å²) in [5, 5.41) is 13.9. The van der Waals surface area contributed by atoms with Gasteiger partial charge < -0.3 is 5.11 Å². The lowest BCUT2D eigenvalue weighted by atomic mass is 10.3. The molecule has 3 nitrogen and oxygen atoms in total. The molecule has 1 N–H and O–H groups in total. The van der Waals surface area contributed by atoms with Gasteiger partial charge in [-0.1, -0.05) is 18.5 Å². The topological polar surface area (TPSA) is 38.0 Å². The van der Waals surface area contributed by atoms with Crippen molar-refractivity contribution in [2.75, 3.05) is 0 Å². The molecule has 0 aliphatic carbocycles. The average Bonchev–Trinajstić information content (AvgIpc) is 2.32. The van der Waals surface area contributed by atoms with Crippen LogP contribution in [0.2, 0.25) is 5.02 Å². The Morgan fingerprint density at radius 3 is 2.92 bits per heavy atom. The minimum atomic E-state index is -0.549. The van der Waals surface area contributed by atoms with Gasteiger partial charge in [0, 0.05) is 6.54 Å². The van der Waals surface area contributed by atoms with Crippen molar-refractivity contribution in [1.82, 2.24) is 9.78 Å². The van der Waals surface area contributed by atoms with E-state index in [0.717, 1.165) is 13.0 Å². The van der Waals surface area contributed by atoms with Gasteiger partial charge in [0.25, 0.3) is 0 Å². The Labute approximate surface area is 77.0 Å². The SMILES string of the molecule is CCCn1ncc(Cl)c1C(C)O. The third-order valence-electron chi connectivity index (χ3n) is 1.66. The molecular formula is C8H13ClN2O. The van der Waals surface area contributed by atoms with Crippen LogP contribution in [-0.4, -0.2) is 14.9 Å². The van der Waals surface area contributed by atoms with Gasteiger partial charge >= 0.3 is 0 Å². The van der Waals surface area contributed by atoms with Crippen LogP contribution >= 0.6 is 11.6 Å². The molecule has 0 amide bonds. The average molecular weight is 189 g/mol. The van der Waals surface area contributed by atoms with E-state index < -0.39 is 6.10 Å². The monoisotopic (exact) mass is 188 g/mol. The molecule has 4 heteroatoms. The van der Waals surface area contributed by atoms with Gasteiger partial charge in [-0.15, -0.1) is 0 Å². The molecule has 1 rings (SSSR count). The summed E-state index contributed by atoms with van der Waals surface area (Å²) in [6.07, 6.45) is 2.00. The van der Waals surface area contributed by atoms with Crippen LogP contribution in [0.25, 0.3) is 0 Å². The van der Waals surface area contributed by atoms with Crippen molar-refractivity contribution in [1.29, 1.82) is 0 Å². The quantitative estimate of drug-likeness (QED) is 0.788. The maximum absolute atomic E-state index is 9.36. The predicted octanol–water partition coefficient (Wildman–Crippen LogP) is 2.00. The van der Waals surface area contributed by atoms with Gasteiger partial charge in [-0.3, -0.25) is 4.68 Å². The van der Waals surface area contributed by atoms with Gasteiger partial charge in [0.05, 0.1) is 23.0 Å². The molecule has 0 aromatic carbocycles. The van der Waals surface area contributed by atoms with Crippen molar-refractivity contribution in [2.45, 2.75) is 32.9 Å². The lowest BCUT2D eigenvalue weighted by Gasteiger charge is -2.08. The van der Waals surface area contributed by atoms with Crippen LogP contribution in [0.15, 0.2) is 6.20 Å². The third kappa shape index (κ3) is 1.79. The van der Waals surface area contributed by atoms with Crippen molar-refractivity contribution in [2.24, 2.45) is 0 Å². The highest BCUT2D eigenvalue weighted by atomic mass is 35.5. The molecule has 1 heterocycles. The van der Waals surface area contributed by atoms with E-state index in [4.69, 9.17) is 11.6 Å². The number of halogens is 1. The van der Waals surface area contributed by atoms with Crippen molar-refractivity contribution < 1.29 is 5.11 Å². The molecule has 0 bridgehead atoms. The summed E-state index contributed by atoms with van der Waals surface area (Å²) in [7, 11) is 0. The Hall–Kier alpha value is -0.540. The summed E-state index contributed by atoms with van der Waals surface area (Å²) in [6.45, 7) is 4.55. The molecule has 0 spiro atoms. The summed E-state index contributed by atoms with van der Waals surface area (Å²) in [5.41, 5.74) is 0.707. The molecule has 68 valence electrons. The fourth-order valence-electron chi connectivity index (χ4n) is 1.18. The molecule has 0 radical (unpaired) electrons. The zero-order valence-corrected chi connectivity index (χ0v) is 8.04. The number of aliphatic hydroxyl groups excluding tert-OH is 1. The number of aryl methyl sites for hydroxylation is 1. The Morgan fingerprint density at radius 1 is 1.75 bits per heavy atom. The first-order chi connectivity index (χ1) is 5.66. The van der Waals surface area contributed by atoms with E-state index in [1.165, 1.54) is 0 Å². The predicted molar refractivity (Wildman–Crippen MR) is 48.2 cm³/mol. The highest BCUT2D eigenvalue weighted by molar-refractivity contribution is 6.31. The summed E-state index contributed by atoms with van der Waals surface area (Å²) in [5.74, 6) is 0. The number of rotatable bonds is 3. The maximum Gasteiger partial charge on any atom is 0.0943 e. The van der Waals surface area contributed by atoms with Gasteiger partial charge in [-0.25, -0.2) is 0 Å². The largest absolute Gasteiger partial charge is 0.387 e. The number of hydrogen-bond acceptors (Lipinski definition) is 2. The van der Waals surface area contributed by atoms with E-state index in [9.17, 15) is 5.11 Å². The van der Waals surface area contributed by atoms with E-state index in [2.05, 4.69) is 12.0 Å². The minimum Gasteiger partial charge on any atom is -0.387 e. The van der Waals surface area contributed by atoms with Crippen LogP contribution in [0.5, 0.6) is 0 Å². The van der Waals surface area contributed by atoms with Gasteiger partial charge in [0.1, 0.15) is 0 Å². The fraction of sp³-hybridized carbons (Fsp3) is 0.625. The van der Waals surface area contributed by atoms with Crippen LogP contribution in [0, 0.1) is 0 Å². The van der Waals surface area contributed by atoms with Gasteiger partial charge in [-0.05, 0) is 13.3 Å². The lowest BCUT2D eigenvalue weighted by Crippen LogP contribution is -2.07. The molecule has 0 aliphatic rings. The van der Waals surface area contributed by atoms with E-state index in [0.29, 0.717) is 10.7 Å². The van der Waals surface area contributed by atoms with Crippen molar-refractivity contribution in [3.8, 4) is 0 Å². The second kappa shape index (κ2) is 3.92.